The van der Waals surface area contributed by atoms with E-state index in [9.17, 15) is 27.9 Å². The van der Waals surface area contributed by atoms with E-state index in [-0.39, 0.29) is 22.9 Å². The number of nitrogens with zero attached hydrogens (tertiary/aromatic N) is 2. The molecular formula is C28H25BrClF3N4O3. The number of aliphatic hydroxyl groups is 1. The molecule has 3 aromatic rings. The van der Waals surface area contributed by atoms with Crippen molar-refractivity contribution < 1.29 is 27.9 Å². The van der Waals surface area contributed by atoms with Crippen molar-refractivity contribution in [3.05, 3.63) is 98.0 Å². The summed E-state index contributed by atoms with van der Waals surface area (Å²) in [6.45, 7) is 2.35. The molecule has 0 unspecified atom stereocenters. The zero-order valence-electron chi connectivity index (χ0n) is 21.0. The molecule has 3 aromatic carbocycles. The number of piperidine rings is 1. The van der Waals surface area contributed by atoms with Gasteiger partial charge in [0.05, 0.1) is 34.2 Å². The Morgan fingerprint density at radius 1 is 1.05 bits per heavy atom. The van der Waals surface area contributed by atoms with Crippen molar-refractivity contribution in [2.24, 2.45) is 5.10 Å². The number of benzene rings is 3. The maximum absolute atomic E-state index is 13.1. The SMILES string of the molecule is O=C(Nc1ccc(Br)cc1C(=O)NN=Cc1ccc(Cl)c(C(F)(F)F)c1)c1ccc(CN2CCC(O)CC2)cc1. The van der Waals surface area contributed by atoms with Gasteiger partial charge in [0.1, 0.15) is 0 Å². The number of aliphatic hydroxyl groups excluding tert-OH is 1. The van der Waals surface area contributed by atoms with Crippen LogP contribution in [0.2, 0.25) is 5.02 Å². The molecule has 1 fully saturated rings. The van der Waals surface area contributed by atoms with Crippen LogP contribution in [-0.2, 0) is 12.7 Å². The van der Waals surface area contributed by atoms with E-state index in [2.05, 4.69) is 36.7 Å². The molecule has 0 aromatic heterocycles. The van der Waals surface area contributed by atoms with Gasteiger partial charge >= 0.3 is 6.18 Å². The highest BCUT2D eigenvalue weighted by atomic mass is 79.9. The average Bonchev–Trinajstić information content (AvgIpc) is 2.91. The molecular weight excluding hydrogens is 613 g/mol. The fourth-order valence-corrected chi connectivity index (χ4v) is 4.76. The van der Waals surface area contributed by atoms with Gasteiger partial charge in [-0.3, -0.25) is 14.5 Å². The topological polar surface area (TPSA) is 94.0 Å². The van der Waals surface area contributed by atoms with Crippen molar-refractivity contribution in [3.8, 4) is 0 Å². The number of carbonyl (C=O) groups excluding carboxylic acids is 2. The maximum Gasteiger partial charge on any atom is 0.417 e. The lowest BCUT2D eigenvalue weighted by atomic mass is 10.1. The summed E-state index contributed by atoms with van der Waals surface area (Å²) in [7, 11) is 0. The largest absolute Gasteiger partial charge is 0.417 e. The summed E-state index contributed by atoms with van der Waals surface area (Å²) < 4.78 is 39.8. The molecule has 0 aliphatic carbocycles. The van der Waals surface area contributed by atoms with Gasteiger partial charge in [-0.05, 0) is 66.4 Å². The minimum absolute atomic E-state index is 0.0844. The molecule has 1 aliphatic rings. The van der Waals surface area contributed by atoms with E-state index in [0.29, 0.717) is 10.0 Å². The molecule has 0 radical (unpaired) electrons. The molecule has 1 saturated heterocycles. The first-order chi connectivity index (χ1) is 19.0. The number of hydrogen-bond donors (Lipinski definition) is 3. The van der Waals surface area contributed by atoms with Crippen LogP contribution in [0.4, 0.5) is 18.9 Å². The van der Waals surface area contributed by atoms with E-state index in [1.807, 2.05) is 12.1 Å². The van der Waals surface area contributed by atoms with Crippen LogP contribution >= 0.6 is 27.5 Å². The minimum atomic E-state index is -4.63. The van der Waals surface area contributed by atoms with E-state index in [4.69, 9.17) is 11.6 Å². The molecule has 1 heterocycles. The smallest absolute Gasteiger partial charge is 0.393 e. The number of likely N-dealkylation sites (tertiary alicyclic amines) is 1. The Balaban J connectivity index is 1.41. The molecule has 2 amide bonds. The van der Waals surface area contributed by atoms with Gasteiger partial charge < -0.3 is 10.4 Å². The molecule has 0 saturated carbocycles. The molecule has 1 aliphatic heterocycles. The van der Waals surface area contributed by atoms with Gasteiger partial charge in [0, 0.05) is 29.7 Å². The molecule has 3 N–H and O–H groups in total. The number of hydrogen-bond acceptors (Lipinski definition) is 5. The zero-order chi connectivity index (χ0) is 28.9. The van der Waals surface area contributed by atoms with E-state index in [0.717, 1.165) is 56.4 Å². The summed E-state index contributed by atoms with van der Waals surface area (Å²) in [6, 6.07) is 15.1. The highest BCUT2D eigenvalue weighted by Gasteiger charge is 2.33. The normalized spacial score (nSPS) is 14.8. The fourth-order valence-electron chi connectivity index (χ4n) is 4.17. The second-order valence-electron chi connectivity index (χ2n) is 9.28. The van der Waals surface area contributed by atoms with Crippen LogP contribution in [0.25, 0.3) is 0 Å². The summed E-state index contributed by atoms with van der Waals surface area (Å²) in [5, 5.41) is 15.7. The predicted octanol–water partition coefficient (Wildman–Crippen LogP) is 6.09. The molecule has 0 bridgehead atoms. The predicted molar refractivity (Wildman–Crippen MR) is 151 cm³/mol. The Hall–Kier alpha value is -3.25. The minimum Gasteiger partial charge on any atom is -0.393 e. The number of rotatable bonds is 7. The van der Waals surface area contributed by atoms with Crippen molar-refractivity contribution in [1.82, 2.24) is 10.3 Å². The van der Waals surface area contributed by atoms with Crippen molar-refractivity contribution in [3.63, 3.8) is 0 Å². The van der Waals surface area contributed by atoms with Crippen LogP contribution < -0.4 is 10.7 Å². The third kappa shape index (κ3) is 7.91. The third-order valence-electron chi connectivity index (χ3n) is 6.33. The second kappa shape index (κ2) is 12.9. The van der Waals surface area contributed by atoms with Gasteiger partial charge in [-0.1, -0.05) is 45.7 Å². The van der Waals surface area contributed by atoms with Crippen molar-refractivity contribution in [2.45, 2.75) is 31.7 Å². The lowest BCUT2D eigenvalue weighted by molar-refractivity contribution is -0.137. The monoisotopic (exact) mass is 636 g/mol. The van der Waals surface area contributed by atoms with Crippen LogP contribution in [-0.4, -0.2) is 47.2 Å². The van der Waals surface area contributed by atoms with Crippen LogP contribution in [0.3, 0.4) is 0 Å². The van der Waals surface area contributed by atoms with Crippen LogP contribution in [0.1, 0.15) is 50.2 Å². The Morgan fingerprint density at radius 2 is 1.75 bits per heavy atom. The fraction of sp³-hybridized carbons (Fsp3) is 0.250. The van der Waals surface area contributed by atoms with E-state index < -0.39 is 28.6 Å². The Bertz CT molecular complexity index is 1410. The van der Waals surface area contributed by atoms with Crippen molar-refractivity contribution in [2.75, 3.05) is 18.4 Å². The standard InChI is InChI=1S/C28H25BrClF3N4O3/c29-20-6-8-25(35-26(39)19-4-1-17(2-5-19)16-37-11-9-21(38)10-12-37)22(14-20)27(40)36-34-15-18-3-7-24(30)23(13-18)28(31,32)33/h1-8,13-15,21,38H,9-12,16H2,(H,35,39)(H,36,40). The number of halogens is 5. The van der Waals surface area contributed by atoms with Gasteiger partial charge in [-0.25, -0.2) is 5.43 Å². The number of anilines is 1. The number of hydrazone groups is 1. The first-order valence-electron chi connectivity index (χ1n) is 12.3. The molecule has 40 heavy (non-hydrogen) atoms. The average molecular weight is 638 g/mol. The van der Waals surface area contributed by atoms with E-state index in [1.54, 1.807) is 24.3 Å². The summed E-state index contributed by atoms with van der Waals surface area (Å²) in [6.07, 6.45) is -2.32. The van der Waals surface area contributed by atoms with Gasteiger partial charge in [-0.2, -0.15) is 18.3 Å². The van der Waals surface area contributed by atoms with Gasteiger partial charge in [0.15, 0.2) is 0 Å². The number of amides is 2. The summed E-state index contributed by atoms with van der Waals surface area (Å²) in [5.74, 6) is -1.10. The molecule has 0 spiro atoms. The quantitative estimate of drug-likeness (QED) is 0.216. The highest BCUT2D eigenvalue weighted by Crippen LogP contribution is 2.34. The Labute approximate surface area is 242 Å². The Morgan fingerprint density at radius 3 is 2.42 bits per heavy atom. The van der Waals surface area contributed by atoms with Crippen LogP contribution in [0, 0.1) is 0 Å². The Kier molecular flexibility index (Phi) is 9.62. The maximum atomic E-state index is 13.1. The summed E-state index contributed by atoms with van der Waals surface area (Å²) in [4.78, 5) is 28.0. The number of nitrogens with one attached hydrogen (secondary N) is 2. The van der Waals surface area contributed by atoms with E-state index in [1.165, 1.54) is 12.1 Å². The molecule has 12 heteroatoms. The second-order valence-corrected chi connectivity index (χ2v) is 10.6. The third-order valence-corrected chi connectivity index (χ3v) is 7.15. The molecule has 4 rings (SSSR count). The first kappa shape index (κ1) is 29.7. The number of alkyl halides is 3. The molecule has 0 atom stereocenters. The molecule has 7 nitrogen and oxygen atoms in total. The van der Waals surface area contributed by atoms with Crippen molar-refractivity contribution >= 4 is 51.2 Å². The number of carbonyl (C=O) groups is 2. The van der Waals surface area contributed by atoms with Gasteiger partial charge in [0.25, 0.3) is 11.8 Å². The lowest BCUT2D eigenvalue weighted by Gasteiger charge is -2.29. The molecule has 210 valence electrons. The van der Waals surface area contributed by atoms with Crippen LogP contribution in [0.15, 0.2) is 70.2 Å². The van der Waals surface area contributed by atoms with E-state index >= 15 is 0 Å². The van der Waals surface area contributed by atoms with Gasteiger partial charge in [-0.15, -0.1) is 0 Å². The van der Waals surface area contributed by atoms with Crippen molar-refractivity contribution in [1.29, 1.82) is 0 Å². The zero-order valence-corrected chi connectivity index (χ0v) is 23.4. The highest BCUT2D eigenvalue weighted by molar-refractivity contribution is 9.10. The lowest BCUT2D eigenvalue weighted by Crippen LogP contribution is -2.35. The van der Waals surface area contributed by atoms with Crippen LogP contribution in [0.5, 0.6) is 0 Å². The first-order valence-corrected chi connectivity index (χ1v) is 13.5. The van der Waals surface area contributed by atoms with Gasteiger partial charge in [0.2, 0.25) is 0 Å². The summed E-state index contributed by atoms with van der Waals surface area (Å²) in [5.41, 5.74) is 3.10. The summed E-state index contributed by atoms with van der Waals surface area (Å²) >= 11 is 8.93.